The summed E-state index contributed by atoms with van der Waals surface area (Å²) >= 11 is 0. The summed E-state index contributed by atoms with van der Waals surface area (Å²) in [6.07, 6.45) is 0. The third-order valence-electron chi connectivity index (χ3n) is 4.45. The van der Waals surface area contributed by atoms with Gasteiger partial charge in [0, 0.05) is 5.39 Å². The lowest BCUT2D eigenvalue weighted by atomic mass is 10.1. The van der Waals surface area contributed by atoms with Crippen molar-refractivity contribution in [2.24, 2.45) is 0 Å². The number of benzene rings is 4. The summed E-state index contributed by atoms with van der Waals surface area (Å²) < 4.78 is 29.3. The molecule has 0 fully saturated rings. The first-order chi connectivity index (χ1) is 15.0. The minimum absolute atomic E-state index is 0.307. The van der Waals surface area contributed by atoms with Crippen LogP contribution in [0.5, 0.6) is 17.2 Å². The fraction of sp³-hybridized carbons (Fsp3) is 0.0833. The van der Waals surface area contributed by atoms with E-state index in [4.69, 9.17) is 23.6 Å². The van der Waals surface area contributed by atoms with Crippen molar-refractivity contribution in [3.05, 3.63) is 102 Å². The van der Waals surface area contributed by atoms with Crippen molar-refractivity contribution in [3.63, 3.8) is 0 Å². The largest absolute Gasteiger partial charge is 0.604 e. The van der Waals surface area contributed by atoms with Crippen molar-refractivity contribution < 1.29 is 28.2 Å². The fourth-order valence-corrected chi connectivity index (χ4v) is 3.64. The van der Waals surface area contributed by atoms with Crippen LogP contribution in [-0.2, 0) is 13.9 Å². The van der Waals surface area contributed by atoms with Crippen LogP contribution >= 0.6 is 7.82 Å². The zero-order valence-electron chi connectivity index (χ0n) is 17.1. The normalized spacial score (nSPS) is 11.3. The second-order valence-electron chi connectivity index (χ2n) is 6.96. The molecule has 4 aromatic carbocycles. The second kappa shape index (κ2) is 9.23. The fourth-order valence-electron chi connectivity index (χ4n) is 2.80. The van der Waals surface area contributed by atoms with E-state index >= 15 is 0 Å². The van der Waals surface area contributed by atoms with Crippen molar-refractivity contribution >= 4 is 18.6 Å². The summed E-state index contributed by atoms with van der Waals surface area (Å²) in [5.41, 5.74) is 2.09. The summed E-state index contributed by atoms with van der Waals surface area (Å²) in [6, 6.07) is 26.9. The first kappa shape index (κ1) is 20.9. The molecular formula is C24H21O6P. The Morgan fingerprint density at radius 3 is 1.71 bits per heavy atom. The average Bonchev–Trinajstić information content (AvgIpc) is 2.79. The first-order valence-corrected chi connectivity index (χ1v) is 11.1. The highest BCUT2D eigenvalue weighted by molar-refractivity contribution is 7.48. The lowest BCUT2D eigenvalue weighted by Gasteiger charge is -2.17. The van der Waals surface area contributed by atoms with Crippen LogP contribution in [0.25, 0.3) is 10.8 Å². The van der Waals surface area contributed by atoms with E-state index in [1.54, 1.807) is 36.4 Å². The van der Waals surface area contributed by atoms with Crippen LogP contribution in [0.15, 0.2) is 91.0 Å². The van der Waals surface area contributed by atoms with Crippen LogP contribution in [0.4, 0.5) is 0 Å². The maximum atomic E-state index is 13.4. The predicted molar refractivity (Wildman–Crippen MR) is 118 cm³/mol. The molecule has 0 radical (unpaired) electrons. The van der Waals surface area contributed by atoms with Gasteiger partial charge in [-0.05, 0) is 49.6 Å². The highest BCUT2D eigenvalue weighted by Crippen LogP contribution is 2.51. The van der Waals surface area contributed by atoms with Crippen molar-refractivity contribution in [1.29, 1.82) is 0 Å². The second-order valence-corrected chi connectivity index (χ2v) is 8.33. The Labute approximate surface area is 180 Å². The van der Waals surface area contributed by atoms with Gasteiger partial charge in [0.1, 0.15) is 5.75 Å². The van der Waals surface area contributed by atoms with Crippen molar-refractivity contribution in [3.8, 4) is 17.2 Å². The summed E-state index contributed by atoms with van der Waals surface area (Å²) in [5, 5.41) is 1.65. The molecule has 0 aliphatic heterocycles. The first-order valence-electron chi connectivity index (χ1n) is 9.64. The molecule has 0 heterocycles. The Balaban J connectivity index is 1.58. The number of fused-ring (bicyclic) bond motifs is 1. The topological polar surface area (TPSA) is 63.2 Å². The Bertz CT molecular complexity index is 1150. The minimum atomic E-state index is -4.34. The molecule has 0 saturated carbocycles. The van der Waals surface area contributed by atoms with Gasteiger partial charge in [-0.15, -0.1) is 0 Å². The number of hydrogen-bond donors (Lipinski definition) is 0. The quantitative estimate of drug-likeness (QED) is 0.169. The van der Waals surface area contributed by atoms with E-state index in [1.165, 1.54) is 0 Å². The standard InChI is InChI=1S/C24H21O6P/c1-18-10-14-21(15-11-18)26-29-31(25,30-27-22-16-12-19(2)13-17-22)28-24-9-5-7-20-6-3-4-8-23(20)24/h3-17H,1-2H3. The maximum Gasteiger partial charge on any atom is 0.604 e. The predicted octanol–water partition coefficient (Wildman–Crippen LogP) is 6.96. The van der Waals surface area contributed by atoms with Crippen molar-refractivity contribution in [2.75, 3.05) is 0 Å². The summed E-state index contributed by atoms with van der Waals surface area (Å²) in [7, 11) is -4.34. The number of hydrogen-bond acceptors (Lipinski definition) is 6. The molecule has 0 unspecified atom stereocenters. The number of rotatable bonds is 8. The van der Waals surface area contributed by atoms with E-state index in [9.17, 15) is 4.57 Å². The molecule has 158 valence electrons. The van der Waals surface area contributed by atoms with Gasteiger partial charge >= 0.3 is 7.82 Å². The molecule has 0 spiro atoms. The Hall–Kier alpha value is -3.31. The molecule has 31 heavy (non-hydrogen) atoms. The monoisotopic (exact) mass is 436 g/mol. The summed E-state index contributed by atoms with van der Waals surface area (Å²) in [5.74, 6) is 0.985. The third kappa shape index (κ3) is 5.44. The summed E-state index contributed by atoms with van der Waals surface area (Å²) in [6.45, 7) is 3.88. The highest BCUT2D eigenvalue weighted by atomic mass is 31.2. The Kier molecular flexibility index (Phi) is 6.23. The molecule has 0 bridgehead atoms. The summed E-state index contributed by atoms with van der Waals surface area (Å²) in [4.78, 5) is 10.4. The molecule has 0 N–H and O–H groups in total. The van der Waals surface area contributed by atoms with Gasteiger partial charge in [-0.1, -0.05) is 81.1 Å². The van der Waals surface area contributed by atoms with Crippen molar-refractivity contribution in [1.82, 2.24) is 0 Å². The molecule has 0 atom stereocenters. The molecule has 6 nitrogen and oxygen atoms in total. The lowest BCUT2D eigenvalue weighted by Crippen LogP contribution is -2.08. The molecule has 0 amide bonds. The van der Waals surface area contributed by atoms with Gasteiger partial charge < -0.3 is 14.3 Å². The van der Waals surface area contributed by atoms with Gasteiger partial charge in [0.15, 0.2) is 11.5 Å². The third-order valence-corrected chi connectivity index (χ3v) is 5.39. The molecule has 0 aromatic heterocycles. The van der Waals surface area contributed by atoms with E-state index in [-0.39, 0.29) is 0 Å². The van der Waals surface area contributed by atoms with Gasteiger partial charge in [0.2, 0.25) is 0 Å². The smallest absolute Gasteiger partial charge is 0.399 e. The Morgan fingerprint density at radius 1 is 0.613 bits per heavy atom. The molecule has 4 aromatic rings. The molecular weight excluding hydrogens is 415 g/mol. The molecule has 4 rings (SSSR count). The van der Waals surface area contributed by atoms with E-state index in [1.807, 2.05) is 68.4 Å². The van der Waals surface area contributed by atoms with Crippen LogP contribution in [0.2, 0.25) is 0 Å². The molecule has 7 heteroatoms. The van der Waals surface area contributed by atoms with E-state index in [0.717, 1.165) is 21.9 Å². The van der Waals surface area contributed by atoms with Crippen LogP contribution in [0.3, 0.4) is 0 Å². The van der Waals surface area contributed by atoms with Gasteiger partial charge in [-0.25, -0.2) is 4.57 Å². The van der Waals surface area contributed by atoms with Crippen LogP contribution in [0.1, 0.15) is 11.1 Å². The van der Waals surface area contributed by atoms with E-state index in [2.05, 4.69) is 0 Å². The van der Waals surface area contributed by atoms with Crippen LogP contribution in [0, 0.1) is 13.8 Å². The van der Waals surface area contributed by atoms with Crippen molar-refractivity contribution in [2.45, 2.75) is 13.8 Å². The van der Waals surface area contributed by atoms with Crippen LogP contribution in [-0.4, -0.2) is 0 Å². The van der Waals surface area contributed by atoms with Gasteiger partial charge in [-0.3, -0.25) is 0 Å². The molecule has 0 saturated heterocycles. The van der Waals surface area contributed by atoms with E-state index < -0.39 is 7.82 Å². The van der Waals surface area contributed by atoms with Gasteiger partial charge in [0.25, 0.3) is 0 Å². The highest BCUT2D eigenvalue weighted by Gasteiger charge is 2.35. The Morgan fingerprint density at radius 2 is 1.13 bits per heavy atom. The molecule has 0 aliphatic rings. The van der Waals surface area contributed by atoms with Gasteiger partial charge in [0.05, 0.1) is 0 Å². The SMILES string of the molecule is Cc1ccc(OOP(=O)(OOc2ccc(C)cc2)Oc2cccc3ccccc23)cc1. The van der Waals surface area contributed by atoms with Crippen LogP contribution < -0.4 is 14.3 Å². The van der Waals surface area contributed by atoms with E-state index in [0.29, 0.717) is 17.2 Å². The number of phosphoric acid groups is 1. The minimum Gasteiger partial charge on any atom is -0.399 e. The average molecular weight is 436 g/mol. The number of aryl methyl sites for hydroxylation is 2. The molecule has 0 aliphatic carbocycles. The lowest BCUT2D eigenvalue weighted by molar-refractivity contribution is -0.185. The zero-order valence-corrected chi connectivity index (χ0v) is 18.0. The maximum absolute atomic E-state index is 13.4. The zero-order chi connectivity index (χ0) is 21.7. The van der Waals surface area contributed by atoms with Gasteiger partial charge in [-0.2, -0.15) is 0 Å².